The maximum atomic E-state index is 11.0. The standard InChI is InChI=1S/C14H16N2O3/c17-14-6-4-11(15-16-14)3-1-10-2-5-12-13(9-10)19-8-7-18-12/h2,5,9H,1,3-4,6-8H2,(H,16,17). The monoisotopic (exact) mass is 260 g/mol. The van der Waals surface area contributed by atoms with Gasteiger partial charge in [-0.2, -0.15) is 5.10 Å². The average molecular weight is 260 g/mol. The Hall–Kier alpha value is -2.04. The second-order valence-electron chi connectivity index (χ2n) is 4.69. The van der Waals surface area contributed by atoms with Crippen LogP contribution in [0.15, 0.2) is 23.3 Å². The molecule has 0 unspecified atom stereocenters. The summed E-state index contributed by atoms with van der Waals surface area (Å²) in [7, 11) is 0. The number of benzene rings is 1. The Labute approximate surface area is 111 Å². The van der Waals surface area contributed by atoms with E-state index < -0.39 is 0 Å². The molecule has 0 bridgehead atoms. The summed E-state index contributed by atoms with van der Waals surface area (Å²) in [6.45, 7) is 1.22. The van der Waals surface area contributed by atoms with Crippen LogP contribution in [-0.4, -0.2) is 24.8 Å². The Balaban J connectivity index is 1.62. The first-order chi connectivity index (χ1) is 9.31. The SMILES string of the molecule is O=C1CCC(CCc2ccc3c(c2)OCCO3)=NN1. The maximum absolute atomic E-state index is 11.0. The van der Waals surface area contributed by atoms with Crippen LogP contribution in [0.5, 0.6) is 11.5 Å². The predicted octanol–water partition coefficient (Wildman–Crippen LogP) is 1.66. The molecule has 0 saturated carbocycles. The number of fused-ring (bicyclic) bond motifs is 1. The third-order valence-corrected chi connectivity index (χ3v) is 3.29. The first kappa shape index (κ1) is 12.0. The number of nitrogens with one attached hydrogen (secondary N) is 1. The van der Waals surface area contributed by atoms with Crippen LogP contribution in [0.4, 0.5) is 0 Å². The molecule has 1 amide bonds. The van der Waals surface area contributed by atoms with Gasteiger partial charge >= 0.3 is 0 Å². The van der Waals surface area contributed by atoms with Gasteiger partial charge < -0.3 is 9.47 Å². The second kappa shape index (κ2) is 5.30. The zero-order chi connectivity index (χ0) is 13.1. The third-order valence-electron chi connectivity index (χ3n) is 3.29. The van der Waals surface area contributed by atoms with E-state index in [4.69, 9.17) is 9.47 Å². The van der Waals surface area contributed by atoms with Crippen molar-refractivity contribution < 1.29 is 14.3 Å². The van der Waals surface area contributed by atoms with Crippen molar-refractivity contribution in [2.75, 3.05) is 13.2 Å². The summed E-state index contributed by atoms with van der Waals surface area (Å²) in [5.41, 5.74) is 4.77. The number of carbonyl (C=O) groups is 1. The lowest BCUT2D eigenvalue weighted by Gasteiger charge is -2.19. The molecule has 0 saturated heterocycles. The highest BCUT2D eigenvalue weighted by Crippen LogP contribution is 2.31. The summed E-state index contributed by atoms with van der Waals surface area (Å²) in [4.78, 5) is 11.0. The van der Waals surface area contributed by atoms with E-state index in [1.54, 1.807) is 0 Å². The molecule has 0 fully saturated rings. The molecule has 1 aromatic rings. The van der Waals surface area contributed by atoms with Gasteiger partial charge in [0.25, 0.3) is 0 Å². The average Bonchev–Trinajstić information content (AvgIpc) is 2.46. The minimum absolute atomic E-state index is 0.00285. The van der Waals surface area contributed by atoms with Gasteiger partial charge in [-0.25, -0.2) is 5.43 Å². The molecular weight excluding hydrogens is 244 g/mol. The smallest absolute Gasteiger partial charge is 0.240 e. The lowest BCUT2D eigenvalue weighted by molar-refractivity contribution is -0.121. The number of carbonyl (C=O) groups excluding carboxylic acids is 1. The van der Waals surface area contributed by atoms with E-state index in [2.05, 4.69) is 16.6 Å². The van der Waals surface area contributed by atoms with Crippen molar-refractivity contribution in [3.8, 4) is 11.5 Å². The number of aryl methyl sites for hydroxylation is 1. The van der Waals surface area contributed by atoms with Gasteiger partial charge in [0.15, 0.2) is 11.5 Å². The molecule has 19 heavy (non-hydrogen) atoms. The normalized spacial score (nSPS) is 17.7. The molecule has 5 nitrogen and oxygen atoms in total. The minimum Gasteiger partial charge on any atom is -0.486 e. The third kappa shape index (κ3) is 2.86. The van der Waals surface area contributed by atoms with Gasteiger partial charge in [0.1, 0.15) is 13.2 Å². The molecular formula is C14H16N2O3. The molecule has 3 rings (SSSR count). The molecule has 0 radical (unpaired) electrons. The Morgan fingerprint density at radius 3 is 2.74 bits per heavy atom. The van der Waals surface area contributed by atoms with Gasteiger partial charge in [-0.05, 0) is 37.0 Å². The lowest BCUT2D eigenvalue weighted by Crippen LogP contribution is -2.25. The fraction of sp³-hybridized carbons (Fsp3) is 0.429. The molecule has 2 aliphatic heterocycles. The van der Waals surface area contributed by atoms with Crippen molar-refractivity contribution in [1.82, 2.24) is 5.43 Å². The van der Waals surface area contributed by atoms with Gasteiger partial charge in [-0.1, -0.05) is 6.07 Å². The molecule has 1 aromatic carbocycles. The number of ether oxygens (including phenoxy) is 2. The molecule has 2 aliphatic rings. The number of hydrogen-bond acceptors (Lipinski definition) is 4. The molecule has 0 spiro atoms. The van der Waals surface area contributed by atoms with E-state index in [9.17, 15) is 4.79 Å². The summed E-state index contributed by atoms with van der Waals surface area (Å²) < 4.78 is 11.0. The topological polar surface area (TPSA) is 59.9 Å². The number of rotatable bonds is 3. The van der Waals surface area contributed by atoms with Crippen LogP contribution in [0, 0.1) is 0 Å². The van der Waals surface area contributed by atoms with Crippen molar-refractivity contribution >= 4 is 11.6 Å². The van der Waals surface area contributed by atoms with Crippen LogP contribution in [0.3, 0.4) is 0 Å². The molecule has 0 aliphatic carbocycles. The molecule has 1 N–H and O–H groups in total. The van der Waals surface area contributed by atoms with Gasteiger partial charge in [0, 0.05) is 12.1 Å². The van der Waals surface area contributed by atoms with E-state index in [0.29, 0.717) is 19.6 Å². The number of amides is 1. The minimum atomic E-state index is 0.00285. The zero-order valence-electron chi connectivity index (χ0n) is 10.6. The Morgan fingerprint density at radius 1 is 1.11 bits per heavy atom. The van der Waals surface area contributed by atoms with Crippen molar-refractivity contribution in [1.29, 1.82) is 0 Å². The second-order valence-corrected chi connectivity index (χ2v) is 4.69. The van der Waals surface area contributed by atoms with E-state index in [1.807, 2.05) is 12.1 Å². The summed E-state index contributed by atoms with van der Waals surface area (Å²) >= 11 is 0. The fourth-order valence-corrected chi connectivity index (χ4v) is 2.22. The summed E-state index contributed by atoms with van der Waals surface area (Å²) in [6, 6.07) is 6.03. The zero-order valence-corrected chi connectivity index (χ0v) is 10.6. The van der Waals surface area contributed by atoms with Crippen LogP contribution in [0.25, 0.3) is 0 Å². The van der Waals surface area contributed by atoms with E-state index in [1.165, 1.54) is 5.56 Å². The first-order valence-electron chi connectivity index (χ1n) is 6.54. The van der Waals surface area contributed by atoms with Gasteiger partial charge in [-0.15, -0.1) is 0 Å². The van der Waals surface area contributed by atoms with Crippen molar-refractivity contribution in [2.45, 2.75) is 25.7 Å². The highest BCUT2D eigenvalue weighted by Gasteiger charge is 2.14. The van der Waals surface area contributed by atoms with Gasteiger partial charge in [0.05, 0.1) is 0 Å². The Morgan fingerprint density at radius 2 is 1.95 bits per heavy atom. The number of hydrazone groups is 1. The fourth-order valence-electron chi connectivity index (χ4n) is 2.22. The van der Waals surface area contributed by atoms with Crippen LogP contribution < -0.4 is 14.9 Å². The summed E-state index contributed by atoms with van der Waals surface area (Å²) in [6.07, 6.45) is 3.06. The van der Waals surface area contributed by atoms with Gasteiger partial charge in [0.2, 0.25) is 5.91 Å². The summed E-state index contributed by atoms with van der Waals surface area (Å²) in [5.74, 6) is 1.64. The molecule has 5 heteroatoms. The highest BCUT2D eigenvalue weighted by molar-refractivity contribution is 5.92. The molecule has 100 valence electrons. The maximum Gasteiger partial charge on any atom is 0.240 e. The molecule has 0 aromatic heterocycles. The van der Waals surface area contributed by atoms with Gasteiger partial charge in [-0.3, -0.25) is 4.79 Å². The summed E-state index contributed by atoms with van der Waals surface area (Å²) in [5, 5.41) is 4.07. The van der Waals surface area contributed by atoms with E-state index in [-0.39, 0.29) is 5.91 Å². The van der Waals surface area contributed by atoms with E-state index in [0.717, 1.165) is 36.5 Å². The number of hydrogen-bond donors (Lipinski definition) is 1. The largest absolute Gasteiger partial charge is 0.486 e. The Kier molecular flexibility index (Phi) is 3.35. The molecule has 2 heterocycles. The predicted molar refractivity (Wildman–Crippen MR) is 70.6 cm³/mol. The number of nitrogens with zero attached hydrogens (tertiary/aromatic N) is 1. The van der Waals surface area contributed by atoms with Crippen molar-refractivity contribution in [2.24, 2.45) is 5.10 Å². The van der Waals surface area contributed by atoms with Crippen LogP contribution in [-0.2, 0) is 11.2 Å². The van der Waals surface area contributed by atoms with Crippen LogP contribution in [0.2, 0.25) is 0 Å². The quantitative estimate of drug-likeness (QED) is 0.899. The lowest BCUT2D eigenvalue weighted by atomic mass is 10.0. The van der Waals surface area contributed by atoms with Crippen LogP contribution in [0.1, 0.15) is 24.8 Å². The molecule has 0 atom stereocenters. The van der Waals surface area contributed by atoms with Crippen LogP contribution >= 0.6 is 0 Å². The van der Waals surface area contributed by atoms with Crippen molar-refractivity contribution in [3.63, 3.8) is 0 Å². The first-order valence-corrected chi connectivity index (χ1v) is 6.54. The van der Waals surface area contributed by atoms with Crippen molar-refractivity contribution in [3.05, 3.63) is 23.8 Å². The van der Waals surface area contributed by atoms with E-state index >= 15 is 0 Å². The Bertz CT molecular complexity index is 525. The highest BCUT2D eigenvalue weighted by atomic mass is 16.6.